The normalized spacial score (nSPS) is 10.6. The van der Waals surface area contributed by atoms with Crippen molar-refractivity contribution in [2.75, 3.05) is 5.32 Å². The van der Waals surface area contributed by atoms with E-state index in [-0.39, 0.29) is 17.3 Å². The van der Waals surface area contributed by atoms with Crippen LogP contribution in [-0.2, 0) is 0 Å². The second-order valence-electron chi connectivity index (χ2n) is 3.57. The number of aromatic amines is 1. The smallest absolute Gasteiger partial charge is 0.339 e. The van der Waals surface area contributed by atoms with E-state index in [0.717, 1.165) is 11.3 Å². The molecule has 2 aromatic rings. The molecule has 2 amide bonds. The number of H-pyrrole nitrogens is 1. The largest absolute Gasteiger partial charge is 0.506 e. The number of nitrogens with zero attached hydrogens (tertiary/aromatic N) is 1. The summed E-state index contributed by atoms with van der Waals surface area (Å²) in [6, 6.07) is 5.68. The Kier molecular flexibility index (Phi) is 4.33. The lowest BCUT2D eigenvalue weighted by Gasteiger charge is -2.05. The summed E-state index contributed by atoms with van der Waals surface area (Å²) in [4.78, 5) is 14.4. The van der Waals surface area contributed by atoms with Gasteiger partial charge in [-0.2, -0.15) is 5.10 Å². The maximum atomic E-state index is 11.5. The fourth-order valence-electron chi connectivity index (χ4n) is 1.30. The van der Waals surface area contributed by atoms with E-state index in [4.69, 9.17) is 12.2 Å². The molecule has 0 spiro atoms. The van der Waals surface area contributed by atoms with Crippen LogP contribution in [0.15, 0.2) is 29.4 Å². The summed E-state index contributed by atoms with van der Waals surface area (Å²) in [7, 11) is 0. The molecule has 0 radical (unpaired) electrons. The lowest BCUT2D eigenvalue weighted by Crippen LogP contribution is -2.24. The molecule has 1 aromatic heterocycles. The van der Waals surface area contributed by atoms with Crippen molar-refractivity contribution >= 4 is 41.5 Å². The zero-order valence-electron chi connectivity index (χ0n) is 9.95. The van der Waals surface area contributed by atoms with Gasteiger partial charge in [0.05, 0.1) is 11.9 Å². The molecule has 0 aliphatic carbocycles. The second kappa shape index (κ2) is 6.17. The maximum absolute atomic E-state index is 11.5. The van der Waals surface area contributed by atoms with Crippen molar-refractivity contribution in [3.05, 3.63) is 33.1 Å². The van der Waals surface area contributed by atoms with Gasteiger partial charge in [0.25, 0.3) is 0 Å². The number of aromatic nitrogens is 1. The maximum Gasteiger partial charge on any atom is 0.339 e. The van der Waals surface area contributed by atoms with Crippen LogP contribution in [0, 0.1) is 3.95 Å². The summed E-state index contributed by atoms with van der Waals surface area (Å²) in [6.45, 7) is 0. The molecule has 0 saturated carbocycles. The number of amides is 2. The number of phenolic OH excluding ortho intramolecular Hbond substituents is 1. The predicted octanol–water partition coefficient (Wildman–Crippen LogP) is 2.37. The van der Waals surface area contributed by atoms with Gasteiger partial charge in [0.2, 0.25) is 5.88 Å². The highest BCUT2D eigenvalue weighted by Crippen LogP contribution is 2.21. The first-order chi connectivity index (χ1) is 9.56. The Morgan fingerprint density at radius 1 is 1.40 bits per heavy atom. The van der Waals surface area contributed by atoms with E-state index in [1.54, 1.807) is 18.2 Å². The molecule has 0 bridgehead atoms. The quantitative estimate of drug-likeness (QED) is 0.259. The van der Waals surface area contributed by atoms with Crippen molar-refractivity contribution in [3.8, 4) is 11.6 Å². The Morgan fingerprint density at radius 3 is 2.80 bits per heavy atom. The molecule has 9 heteroatoms. The van der Waals surface area contributed by atoms with Gasteiger partial charge in [0.1, 0.15) is 10.6 Å². The van der Waals surface area contributed by atoms with Gasteiger partial charge in [0.15, 0.2) is 3.95 Å². The zero-order chi connectivity index (χ0) is 14.5. The first kappa shape index (κ1) is 14.0. The van der Waals surface area contributed by atoms with Gasteiger partial charge in [-0.05, 0) is 24.4 Å². The second-order valence-corrected chi connectivity index (χ2v) is 5.29. The molecule has 0 atom stereocenters. The van der Waals surface area contributed by atoms with Crippen LogP contribution in [0.2, 0.25) is 0 Å². The van der Waals surface area contributed by atoms with Gasteiger partial charge < -0.3 is 20.5 Å². The number of hydrogen-bond acceptors (Lipinski definition) is 6. The average Bonchev–Trinajstić information content (AvgIpc) is 2.71. The fourth-order valence-corrected chi connectivity index (χ4v) is 2.27. The Morgan fingerprint density at radius 2 is 2.15 bits per heavy atom. The number of benzene rings is 1. The number of thiazole rings is 1. The van der Waals surface area contributed by atoms with Crippen LogP contribution in [0.3, 0.4) is 0 Å². The van der Waals surface area contributed by atoms with Crippen LogP contribution in [-0.4, -0.2) is 27.4 Å². The minimum atomic E-state index is -0.624. The molecule has 5 N–H and O–H groups in total. The minimum Gasteiger partial charge on any atom is -0.506 e. The number of hydrazone groups is 1. The minimum absolute atomic E-state index is 0.0483. The first-order valence-electron chi connectivity index (χ1n) is 5.36. The van der Waals surface area contributed by atoms with E-state index in [0.29, 0.717) is 8.83 Å². The van der Waals surface area contributed by atoms with Gasteiger partial charge in [0, 0.05) is 0 Å². The van der Waals surface area contributed by atoms with Crippen LogP contribution in [0.1, 0.15) is 4.88 Å². The third-order valence-corrected chi connectivity index (χ3v) is 3.31. The van der Waals surface area contributed by atoms with Crippen LogP contribution in [0.4, 0.5) is 10.5 Å². The van der Waals surface area contributed by atoms with Crippen LogP contribution < -0.4 is 10.7 Å². The molecular weight excluding hydrogens is 300 g/mol. The number of para-hydroxylation sites is 2. The molecule has 0 saturated heterocycles. The summed E-state index contributed by atoms with van der Waals surface area (Å²) in [5, 5.41) is 24.9. The summed E-state index contributed by atoms with van der Waals surface area (Å²) >= 11 is 5.96. The lowest BCUT2D eigenvalue weighted by atomic mass is 10.3. The van der Waals surface area contributed by atoms with E-state index in [2.05, 4.69) is 20.8 Å². The van der Waals surface area contributed by atoms with Crippen molar-refractivity contribution in [2.24, 2.45) is 5.10 Å². The monoisotopic (exact) mass is 310 g/mol. The van der Waals surface area contributed by atoms with E-state index >= 15 is 0 Å². The molecule has 0 unspecified atom stereocenters. The number of carbonyl (C=O) groups excluding carboxylic acids is 1. The number of urea groups is 1. The van der Waals surface area contributed by atoms with Gasteiger partial charge in [-0.3, -0.25) is 0 Å². The first-order valence-corrected chi connectivity index (χ1v) is 6.59. The number of phenols is 1. The molecule has 20 heavy (non-hydrogen) atoms. The summed E-state index contributed by atoms with van der Waals surface area (Å²) in [5.74, 6) is -0.153. The van der Waals surface area contributed by atoms with E-state index < -0.39 is 6.03 Å². The number of rotatable bonds is 3. The molecule has 104 valence electrons. The highest BCUT2D eigenvalue weighted by atomic mass is 32.1. The predicted molar refractivity (Wildman–Crippen MR) is 79.0 cm³/mol. The highest BCUT2D eigenvalue weighted by Gasteiger charge is 2.04. The standard InChI is InChI=1S/C11H10N4O3S2/c16-7-4-2-1-3-6(7)13-10(18)15-12-5-8-9(17)14-11(19)20-8/h1-5,16-17H,(H,14,19)(H2,13,15,18). The summed E-state index contributed by atoms with van der Waals surface area (Å²) < 4.78 is 0.405. The Bertz CT molecular complexity index is 708. The van der Waals surface area contributed by atoms with Crippen molar-refractivity contribution in [3.63, 3.8) is 0 Å². The SMILES string of the molecule is O=C(NN=Cc1sc(=S)[nH]c1O)Nc1ccccc1O. The lowest BCUT2D eigenvalue weighted by molar-refractivity contribution is 0.252. The van der Waals surface area contributed by atoms with E-state index in [1.165, 1.54) is 12.3 Å². The average molecular weight is 310 g/mol. The van der Waals surface area contributed by atoms with Gasteiger partial charge in [-0.1, -0.05) is 23.5 Å². The van der Waals surface area contributed by atoms with Gasteiger partial charge in [-0.25, -0.2) is 10.2 Å². The third kappa shape index (κ3) is 3.56. The summed E-state index contributed by atoms with van der Waals surface area (Å²) in [5.41, 5.74) is 2.46. The van der Waals surface area contributed by atoms with Crippen molar-refractivity contribution in [2.45, 2.75) is 0 Å². The van der Waals surface area contributed by atoms with E-state index in [1.807, 2.05) is 0 Å². The third-order valence-electron chi connectivity index (χ3n) is 2.16. The molecule has 0 fully saturated rings. The van der Waals surface area contributed by atoms with Gasteiger partial charge >= 0.3 is 6.03 Å². The number of nitrogens with one attached hydrogen (secondary N) is 3. The molecule has 1 heterocycles. The number of hydrogen-bond donors (Lipinski definition) is 5. The van der Waals surface area contributed by atoms with Crippen molar-refractivity contribution in [1.82, 2.24) is 10.4 Å². The Hall–Kier alpha value is -2.39. The number of carbonyl (C=O) groups is 1. The van der Waals surface area contributed by atoms with Crippen LogP contribution in [0.5, 0.6) is 11.6 Å². The van der Waals surface area contributed by atoms with Crippen LogP contribution >= 0.6 is 23.6 Å². The number of aromatic hydroxyl groups is 2. The Labute approximate surface area is 122 Å². The fraction of sp³-hybridized carbons (Fsp3) is 0. The van der Waals surface area contributed by atoms with Crippen LogP contribution in [0.25, 0.3) is 0 Å². The molecule has 1 aromatic carbocycles. The molecule has 0 aliphatic rings. The molecule has 2 rings (SSSR count). The molecule has 0 aliphatic heterocycles. The topological polar surface area (TPSA) is 110 Å². The highest BCUT2D eigenvalue weighted by molar-refractivity contribution is 7.73. The van der Waals surface area contributed by atoms with Crippen molar-refractivity contribution in [1.29, 1.82) is 0 Å². The number of anilines is 1. The zero-order valence-corrected chi connectivity index (χ0v) is 11.6. The van der Waals surface area contributed by atoms with E-state index in [9.17, 15) is 15.0 Å². The van der Waals surface area contributed by atoms with Gasteiger partial charge in [-0.15, -0.1) is 0 Å². The van der Waals surface area contributed by atoms with Crippen molar-refractivity contribution < 1.29 is 15.0 Å². The molecular formula is C11H10N4O3S2. The molecule has 7 nitrogen and oxygen atoms in total. The Balaban J connectivity index is 1.94. The summed E-state index contributed by atoms with van der Waals surface area (Å²) in [6.07, 6.45) is 1.26.